The van der Waals surface area contributed by atoms with Crippen molar-refractivity contribution in [1.82, 2.24) is 5.27 Å². The molecule has 1 amide bonds. The number of aromatic nitrogens is 2. The van der Waals surface area contributed by atoms with E-state index in [4.69, 9.17) is 4.52 Å². The van der Waals surface area contributed by atoms with Crippen molar-refractivity contribution in [3.8, 4) is 0 Å². The van der Waals surface area contributed by atoms with E-state index in [-0.39, 0.29) is 29.1 Å². The number of halogens is 1. The van der Waals surface area contributed by atoms with Crippen molar-refractivity contribution < 1.29 is 23.6 Å². The maximum atomic E-state index is 13.3. The molecule has 0 N–H and O–H groups in total. The molecule has 2 aliphatic heterocycles. The molecule has 184 valence electrons. The molecular weight excluding hydrogens is 483 g/mol. The highest BCUT2D eigenvalue weighted by molar-refractivity contribution is 8.14. The molecule has 0 unspecified atom stereocenters. The van der Waals surface area contributed by atoms with Gasteiger partial charge in [-0.05, 0) is 61.1 Å². The SMILES string of the molecule is O=C1/C(=C\c2ccc(F)cc2)N=C(SC/C([O-])=N/c2c[n+](N3CCCCC3)no2)N1c1ccccc1. The molecule has 9 nitrogen and oxygen atoms in total. The highest BCUT2D eigenvalue weighted by atomic mass is 32.2. The Morgan fingerprint density at radius 1 is 1.14 bits per heavy atom. The molecule has 0 atom stereocenters. The molecule has 36 heavy (non-hydrogen) atoms. The average Bonchev–Trinajstić information content (AvgIpc) is 3.49. The van der Waals surface area contributed by atoms with Crippen LogP contribution in [0.1, 0.15) is 24.8 Å². The standard InChI is InChI=1S/C25H23FN6O3S/c26-19-11-9-18(10-12-19)15-21-24(34)32(20-7-3-1-4-8-20)25(27-21)36-17-22(33)28-23-16-31(29-35-23)30-13-5-2-6-14-30/h1,3-4,7-12,15-16H,2,5-6,13-14,17H2/b21-15+. The lowest BCUT2D eigenvalue weighted by Crippen LogP contribution is -2.60. The van der Waals surface area contributed by atoms with Gasteiger partial charge in [0.2, 0.25) is 5.27 Å². The summed E-state index contributed by atoms with van der Waals surface area (Å²) in [6, 6.07) is 14.8. The molecule has 1 saturated heterocycles. The van der Waals surface area contributed by atoms with Gasteiger partial charge in [-0.15, -0.1) is 0 Å². The van der Waals surface area contributed by atoms with E-state index >= 15 is 0 Å². The number of benzene rings is 2. The van der Waals surface area contributed by atoms with E-state index < -0.39 is 5.90 Å². The quantitative estimate of drug-likeness (QED) is 0.221. The molecular formula is C25H23FN6O3S. The van der Waals surface area contributed by atoms with E-state index in [1.165, 1.54) is 23.5 Å². The Hall–Kier alpha value is -3.99. The molecule has 2 aromatic carbocycles. The summed E-state index contributed by atoms with van der Waals surface area (Å²) in [5.41, 5.74) is 1.45. The smallest absolute Gasteiger partial charge is 0.324 e. The lowest BCUT2D eigenvalue weighted by atomic mass is 10.2. The summed E-state index contributed by atoms with van der Waals surface area (Å²) >= 11 is 1.10. The predicted octanol–water partition coefficient (Wildman–Crippen LogP) is 2.79. The number of amides is 1. The van der Waals surface area contributed by atoms with E-state index in [2.05, 4.69) is 15.3 Å². The molecule has 3 heterocycles. The maximum absolute atomic E-state index is 13.3. The first kappa shape index (κ1) is 23.7. The maximum Gasteiger partial charge on any atom is 0.324 e. The predicted molar refractivity (Wildman–Crippen MR) is 134 cm³/mol. The zero-order valence-corrected chi connectivity index (χ0v) is 20.1. The van der Waals surface area contributed by atoms with Crippen LogP contribution in [-0.4, -0.2) is 41.1 Å². The van der Waals surface area contributed by atoms with Gasteiger partial charge in [-0.2, -0.15) is 5.01 Å². The Morgan fingerprint density at radius 2 is 1.89 bits per heavy atom. The second-order valence-corrected chi connectivity index (χ2v) is 9.16. The summed E-state index contributed by atoms with van der Waals surface area (Å²) < 4.78 is 18.5. The summed E-state index contributed by atoms with van der Waals surface area (Å²) in [7, 11) is 0. The van der Waals surface area contributed by atoms with E-state index in [9.17, 15) is 14.3 Å². The van der Waals surface area contributed by atoms with Gasteiger partial charge in [-0.1, -0.05) is 42.1 Å². The molecule has 1 aromatic heterocycles. The number of anilines is 1. The number of piperidine rings is 1. The van der Waals surface area contributed by atoms with Gasteiger partial charge in [0.05, 0.1) is 23.6 Å². The summed E-state index contributed by atoms with van der Waals surface area (Å²) in [6.07, 6.45) is 6.53. The van der Waals surface area contributed by atoms with E-state index in [0.717, 1.165) is 37.7 Å². The Morgan fingerprint density at radius 3 is 2.64 bits per heavy atom. The monoisotopic (exact) mass is 506 g/mol. The van der Waals surface area contributed by atoms with Gasteiger partial charge in [0.1, 0.15) is 11.5 Å². The second-order valence-electron chi connectivity index (χ2n) is 8.22. The Balaban J connectivity index is 1.33. The van der Waals surface area contributed by atoms with Crippen LogP contribution in [0.4, 0.5) is 16.0 Å². The number of carbonyl (C=O) groups is 1. The van der Waals surface area contributed by atoms with Crippen LogP contribution < -0.4 is 19.8 Å². The van der Waals surface area contributed by atoms with Crippen molar-refractivity contribution in [2.75, 3.05) is 28.8 Å². The van der Waals surface area contributed by atoms with Crippen LogP contribution in [0.25, 0.3) is 6.08 Å². The molecule has 1 fully saturated rings. The minimum absolute atomic E-state index is 0.0519. The van der Waals surface area contributed by atoms with Crippen LogP contribution in [0.3, 0.4) is 0 Å². The van der Waals surface area contributed by atoms with E-state index in [0.29, 0.717) is 16.4 Å². The van der Waals surface area contributed by atoms with Gasteiger partial charge in [0.25, 0.3) is 12.1 Å². The minimum atomic E-state index is -0.443. The fourth-order valence-electron chi connectivity index (χ4n) is 3.89. The number of para-hydroxylation sites is 1. The minimum Gasteiger partial charge on any atom is -0.861 e. The zero-order valence-electron chi connectivity index (χ0n) is 19.3. The lowest BCUT2D eigenvalue weighted by molar-refractivity contribution is -0.759. The zero-order chi connectivity index (χ0) is 24.9. The topological polar surface area (TPSA) is 101 Å². The van der Waals surface area contributed by atoms with Crippen LogP contribution in [0.5, 0.6) is 0 Å². The number of thioether (sulfide) groups is 1. The number of carbonyl (C=O) groups excluding carboxylic acids is 1. The van der Waals surface area contributed by atoms with Crippen molar-refractivity contribution in [1.29, 1.82) is 0 Å². The molecule has 0 saturated carbocycles. The van der Waals surface area contributed by atoms with Gasteiger partial charge in [0.15, 0.2) is 5.17 Å². The third-order valence-electron chi connectivity index (χ3n) is 5.64. The number of aliphatic imine (C=N–C) groups is 2. The second kappa shape index (κ2) is 10.7. The van der Waals surface area contributed by atoms with Gasteiger partial charge in [0, 0.05) is 5.75 Å². The number of rotatable bonds is 6. The third-order valence-corrected chi connectivity index (χ3v) is 6.57. The largest absolute Gasteiger partial charge is 0.861 e. The summed E-state index contributed by atoms with van der Waals surface area (Å²) in [6.45, 7) is 1.74. The van der Waals surface area contributed by atoms with Gasteiger partial charge in [-0.3, -0.25) is 14.2 Å². The van der Waals surface area contributed by atoms with Crippen LogP contribution >= 0.6 is 11.8 Å². The molecule has 5 rings (SSSR count). The number of nitrogens with zero attached hydrogens (tertiary/aromatic N) is 6. The fourth-order valence-corrected chi connectivity index (χ4v) is 4.69. The van der Waals surface area contributed by atoms with E-state index in [1.807, 2.05) is 23.2 Å². The van der Waals surface area contributed by atoms with Crippen LogP contribution in [0.2, 0.25) is 0 Å². The normalized spacial score (nSPS) is 17.7. The van der Waals surface area contributed by atoms with Crippen molar-refractivity contribution in [3.63, 3.8) is 0 Å². The average molecular weight is 507 g/mol. The van der Waals surface area contributed by atoms with Crippen LogP contribution in [0, 0.1) is 5.82 Å². The number of hydrogen-bond acceptors (Lipinski definition) is 8. The number of hydrogen-bond donors (Lipinski definition) is 0. The lowest BCUT2D eigenvalue weighted by Gasteiger charge is -2.18. The number of amidine groups is 1. The van der Waals surface area contributed by atoms with Gasteiger partial charge >= 0.3 is 5.88 Å². The molecule has 3 aromatic rings. The van der Waals surface area contributed by atoms with Gasteiger partial charge < -0.3 is 5.11 Å². The first-order valence-corrected chi connectivity index (χ1v) is 12.5. The first-order valence-electron chi connectivity index (χ1n) is 11.5. The molecule has 2 aliphatic rings. The Labute approximate surface area is 211 Å². The summed E-state index contributed by atoms with van der Waals surface area (Å²) in [5, 5.41) is 18.9. The first-order chi connectivity index (χ1) is 17.6. The van der Waals surface area contributed by atoms with Crippen molar-refractivity contribution >= 4 is 46.4 Å². The highest BCUT2D eigenvalue weighted by Gasteiger charge is 2.32. The van der Waals surface area contributed by atoms with Crippen LogP contribution in [-0.2, 0) is 4.79 Å². The fraction of sp³-hybridized carbons (Fsp3) is 0.240. The van der Waals surface area contributed by atoms with Gasteiger partial charge in [-0.25, -0.2) is 14.4 Å². The molecule has 0 spiro atoms. The Kier molecular flexibility index (Phi) is 7.08. The van der Waals surface area contributed by atoms with Crippen molar-refractivity contribution in [3.05, 3.63) is 77.9 Å². The third kappa shape index (κ3) is 5.46. The molecule has 0 radical (unpaired) electrons. The molecule has 11 heteroatoms. The van der Waals surface area contributed by atoms with Crippen molar-refractivity contribution in [2.45, 2.75) is 19.3 Å². The Bertz CT molecular complexity index is 1320. The van der Waals surface area contributed by atoms with Crippen molar-refractivity contribution in [2.24, 2.45) is 9.98 Å². The van der Waals surface area contributed by atoms with Crippen LogP contribution in [0.15, 0.2) is 81.0 Å². The molecule has 0 bridgehead atoms. The molecule has 0 aliphatic carbocycles. The van der Waals surface area contributed by atoms with E-state index in [1.54, 1.807) is 41.3 Å². The summed E-state index contributed by atoms with van der Waals surface area (Å²) in [4.78, 5) is 24.7. The highest BCUT2D eigenvalue weighted by Crippen LogP contribution is 2.29. The summed E-state index contributed by atoms with van der Waals surface area (Å²) in [5.74, 6) is -1.08.